The topological polar surface area (TPSA) is 64.4 Å². The maximum atomic E-state index is 12.3. The molecule has 3 rings (SSSR count). The molecular formula is C11H11F3N2O3. The average molecular weight is 276 g/mol. The molecule has 3 atom stereocenters. The summed E-state index contributed by atoms with van der Waals surface area (Å²) in [4.78, 5) is 11.0. The van der Waals surface area contributed by atoms with Crippen LogP contribution >= 0.6 is 0 Å². The molecule has 104 valence electrons. The third kappa shape index (κ3) is 1.81. The van der Waals surface area contributed by atoms with E-state index in [9.17, 15) is 18.0 Å². The number of piperidine rings is 1. The van der Waals surface area contributed by atoms with Crippen molar-refractivity contribution in [2.24, 2.45) is 5.92 Å². The van der Waals surface area contributed by atoms with Gasteiger partial charge in [0.15, 0.2) is 0 Å². The van der Waals surface area contributed by atoms with E-state index >= 15 is 0 Å². The molecule has 3 unspecified atom stereocenters. The Hall–Kier alpha value is -1.57. The highest BCUT2D eigenvalue weighted by Crippen LogP contribution is 2.62. The molecule has 1 saturated carbocycles. The zero-order chi connectivity index (χ0) is 13.8. The van der Waals surface area contributed by atoms with Crippen LogP contribution in [0.3, 0.4) is 0 Å². The molecule has 1 aliphatic carbocycles. The van der Waals surface area contributed by atoms with Crippen LogP contribution in [0, 0.1) is 12.8 Å². The Kier molecular flexibility index (Phi) is 2.44. The smallest absolute Gasteiger partial charge is 0.450 e. The Balaban J connectivity index is 1.81. The lowest BCUT2D eigenvalue weighted by Gasteiger charge is -2.16. The minimum atomic E-state index is -4.98. The average Bonchev–Trinajstić information content (AvgIpc) is 2.68. The van der Waals surface area contributed by atoms with Crippen LogP contribution in [-0.2, 0) is 9.53 Å². The summed E-state index contributed by atoms with van der Waals surface area (Å²) in [6.07, 6.45) is -4.98. The summed E-state index contributed by atoms with van der Waals surface area (Å²) in [6.45, 7) is 2.40. The summed E-state index contributed by atoms with van der Waals surface area (Å²) in [5, 5.41) is 6.72. The Morgan fingerprint density at radius 1 is 1.63 bits per heavy atom. The predicted molar refractivity (Wildman–Crippen MR) is 55.2 cm³/mol. The van der Waals surface area contributed by atoms with Crippen LogP contribution in [0.25, 0.3) is 0 Å². The highest BCUT2D eigenvalue weighted by Gasteiger charge is 2.73. The van der Waals surface area contributed by atoms with Crippen LogP contribution in [0.5, 0.6) is 0 Å². The first-order valence-electron chi connectivity index (χ1n) is 5.79. The first-order valence-corrected chi connectivity index (χ1v) is 5.79. The standard InChI is InChI=1S/C11H11F3N2O3/c1-5-2-7(16-19-5)8-6-3-15-4-10(6,8)18-9(17)11(12,13)14/h2,6,8,15H,3-4H2,1H3. The van der Waals surface area contributed by atoms with E-state index in [2.05, 4.69) is 10.5 Å². The minimum absolute atomic E-state index is 0.178. The zero-order valence-corrected chi connectivity index (χ0v) is 9.95. The molecule has 2 heterocycles. The molecule has 0 aromatic carbocycles. The number of rotatable bonds is 2. The number of aryl methyl sites for hydroxylation is 1. The number of fused-ring (bicyclic) bond motifs is 1. The second kappa shape index (κ2) is 3.72. The van der Waals surface area contributed by atoms with E-state index in [-0.39, 0.29) is 18.4 Å². The normalized spacial score (nSPS) is 33.1. The Bertz CT molecular complexity index is 528. The number of aromatic nitrogens is 1. The molecule has 5 nitrogen and oxygen atoms in total. The van der Waals surface area contributed by atoms with Crippen molar-refractivity contribution in [1.29, 1.82) is 0 Å². The number of ether oxygens (including phenoxy) is 1. The number of halogens is 3. The number of carbonyl (C=O) groups excluding carboxylic acids is 1. The molecule has 8 heteroatoms. The van der Waals surface area contributed by atoms with Crippen molar-refractivity contribution < 1.29 is 27.2 Å². The second-order valence-electron chi connectivity index (χ2n) is 4.92. The van der Waals surface area contributed by atoms with Gasteiger partial charge in [-0.2, -0.15) is 13.2 Å². The third-order valence-electron chi connectivity index (χ3n) is 3.69. The SMILES string of the molecule is Cc1cc(C2C3CNCC32OC(=O)C(F)(F)F)no1. The summed E-state index contributed by atoms with van der Waals surface area (Å²) in [5.41, 5.74) is -0.588. The van der Waals surface area contributed by atoms with E-state index < -0.39 is 17.7 Å². The van der Waals surface area contributed by atoms with Crippen molar-refractivity contribution in [3.63, 3.8) is 0 Å². The maximum Gasteiger partial charge on any atom is 0.490 e. The molecule has 0 spiro atoms. The highest BCUT2D eigenvalue weighted by atomic mass is 19.4. The van der Waals surface area contributed by atoms with Crippen LogP contribution in [0.1, 0.15) is 17.4 Å². The molecule has 1 saturated heterocycles. The Labute approximate surface area is 106 Å². The summed E-state index contributed by atoms with van der Waals surface area (Å²) < 4.78 is 46.5. The minimum Gasteiger partial charge on any atom is -0.450 e. The number of hydrogen-bond donors (Lipinski definition) is 1. The van der Waals surface area contributed by atoms with Gasteiger partial charge in [0, 0.05) is 25.1 Å². The van der Waals surface area contributed by atoms with Gasteiger partial charge >= 0.3 is 12.1 Å². The monoisotopic (exact) mass is 276 g/mol. The van der Waals surface area contributed by atoms with Gasteiger partial charge in [0.1, 0.15) is 11.4 Å². The molecule has 1 aromatic heterocycles. The van der Waals surface area contributed by atoms with E-state index in [0.717, 1.165) is 0 Å². The van der Waals surface area contributed by atoms with Gasteiger partial charge in [-0.05, 0) is 6.92 Å². The fourth-order valence-corrected chi connectivity index (χ4v) is 2.84. The number of carbonyl (C=O) groups is 1. The van der Waals surface area contributed by atoms with Gasteiger partial charge in [-0.15, -0.1) is 0 Å². The fraction of sp³-hybridized carbons (Fsp3) is 0.636. The highest BCUT2D eigenvalue weighted by molar-refractivity contribution is 5.77. The molecule has 0 radical (unpaired) electrons. The van der Waals surface area contributed by atoms with Crippen molar-refractivity contribution in [1.82, 2.24) is 10.5 Å². The van der Waals surface area contributed by atoms with Gasteiger partial charge in [0.05, 0.1) is 11.6 Å². The van der Waals surface area contributed by atoms with Crippen molar-refractivity contribution in [3.8, 4) is 0 Å². The van der Waals surface area contributed by atoms with Crippen molar-refractivity contribution in [2.75, 3.05) is 13.1 Å². The van der Waals surface area contributed by atoms with Gasteiger partial charge in [-0.3, -0.25) is 0 Å². The molecule has 0 amide bonds. The predicted octanol–water partition coefficient (Wildman–Crippen LogP) is 1.14. The molecule has 1 aliphatic heterocycles. The molecule has 0 bridgehead atoms. The zero-order valence-electron chi connectivity index (χ0n) is 9.95. The lowest BCUT2D eigenvalue weighted by atomic mass is 10.2. The summed E-state index contributed by atoms with van der Waals surface area (Å²) in [6, 6.07) is 1.66. The van der Waals surface area contributed by atoms with Crippen molar-refractivity contribution in [2.45, 2.75) is 24.6 Å². The van der Waals surface area contributed by atoms with E-state index in [1.807, 2.05) is 0 Å². The van der Waals surface area contributed by atoms with E-state index in [4.69, 9.17) is 9.26 Å². The summed E-state index contributed by atoms with van der Waals surface area (Å²) in [5.74, 6) is -2.07. The maximum absolute atomic E-state index is 12.3. The van der Waals surface area contributed by atoms with Crippen LogP contribution < -0.4 is 5.32 Å². The van der Waals surface area contributed by atoms with Gasteiger partial charge in [0.2, 0.25) is 0 Å². The number of esters is 1. The lowest BCUT2D eigenvalue weighted by Crippen LogP contribution is -2.35. The Morgan fingerprint density at radius 2 is 2.37 bits per heavy atom. The van der Waals surface area contributed by atoms with E-state index in [1.54, 1.807) is 13.0 Å². The number of alkyl halides is 3. The number of nitrogens with zero attached hydrogens (tertiary/aromatic N) is 1. The van der Waals surface area contributed by atoms with Gasteiger partial charge < -0.3 is 14.6 Å². The lowest BCUT2D eigenvalue weighted by molar-refractivity contribution is -0.207. The van der Waals surface area contributed by atoms with Crippen LogP contribution in [0.15, 0.2) is 10.6 Å². The third-order valence-corrected chi connectivity index (χ3v) is 3.69. The first-order chi connectivity index (χ1) is 8.84. The summed E-state index contributed by atoms with van der Waals surface area (Å²) in [7, 11) is 0. The van der Waals surface area contributed by atoms with Gasteiger partial charge in [0.25, 0.3) is 0 Å². The molecule has 19 heavy (non-hydrogen) atoms. The van der Waals surface area contributed by atoms with E-state index in [1.165, 1.54) is 0 Å². The van der Waals surface area contributed by atoms with E-state index in [0.29, 0.717) is 18.0 Å². The molecule has 2 aliphatic rings. The van der Waals surface area contributed by atoms with Crippen LogP contribution in [0.2, 0.25) is 0 Å². The number of hydrogen-bond acceptors (Lipinski definition) is 5. The quantitative estimate of drug-likeness (QED) is 0.821. The molecule has 1 aromatic rings. The largest absolute Gasteiger partial charge is 0.490 e. The summed E-state index contributed by atoms with van der Waals surface area (Å²) >= 11 is 0. The fourth-order valence-electron chi connectivity index (χ4n) is 2.84. The van der Waals surface area contributed by atoms with Crippen LogP contribution in [-0.4, -0.2) is 36.0 Å². The molecule has 1 N–H and O–H groups in total. The Morgan fingerprint density at radius 3 is 2.95 bits per heavy atom. The van der Waals surface area contributed by atoms with Crippen molar-refractivity contribution >= 4 is 5.97 Å². The number of nitrogens with one attached hydrogen (secondary N) is 1. The van der Waals surface area contributed by atoms with Gasteiger partial charge in [-0.25, -0.2) is 4.79 Å². The van der Waals surface area contributed by atoms with Gasteiger partial charge in [-0.1, -0.05) is 5.16 Å². The molecule has 2 fully saturated rings. The van der Waals surface area contributed by atoms with Crippen LogP contribution in [0.4, 0.5) is 13.2 Å². The first kappa shape index (κ1) is 12.5. The van der Waals surface area contributed by atoms with Crippen molar-refractivity contribution in [3.05, 3.63) is 17.5 Å². The second-order valence-corrected chi connectivity index (χ2v) is 4.92. The molecular weight excluding hydrogens is 265 g/mol.